The first kappa shape index (κ1) is 21.3. The maximum absolute atomic E-state index is 12.4. The molecule has 0 bridgehead atoms. The Bertz CT molecular complexity index is 1180. The van der Waals surface area contributed by atoms with Gasteiger partial charge in [-0.3, -0.25) is 14.5 Å². The highest BCUT2D eigenvalue weighted by molar-refractivity contribution is 5.91. The van der Waals surface area contributed by atoms with Crippen molar-refractivity contribution in [2.75, 3.05) is 13.7 Å². The zero-order valence-corrected chi connectivity index (χ0v) is 18.3. The summed E-state index contributed by atoms with van der Waals surface area (Å²) in [6.07, 6.45) is 3.53. The molecule has 4 aromatic rings. The van der Waals surface area contributed by atoms with Crippen LogP contribution in [0.3, 0.4) is 0 Å². The Kier molecular flexibility index (Phi) is 6.30. The number of carbonyl (C=O) groups excluding carboxylic acids is 1. The molecule has 0 spiro atoms. The van der Waals surface area contributed by atoms with Crippen molar-refractivity contribution in [3.05, 3.63) is 72.4 Å². The Hall–Kier alpha value is -3.94. The number of hydrogen-bond acceptors (Lipinski definition) is 6. The third-order valence-corrected chi connectivity index (χ3v) is 5.08. The van der Waals surface area contributed by atoms with Crippen LogP contribution in [0.5, 0.6) is 5.75 Å². The summed E-state index contributed by atoms with van der Waals surface area (Å²) in [5.74, 6) is 0.898. The molecular weight excluding hydrogens is 406 g/mol. The van der Waals surface area contributed by atoms with Gasteiger partial charge in [0.2, 0.25) is 5.76 Å². The topological polar surface area (TPSA) is 95.1 Å². The van der Waals surface area contributed by atoms with Gasteiger partial charge in [-0.15, -0.1) is 0 Å². The van der Waals surface area contributed by atoms with Gasteiger partial charge >= 0.3 is 0 Å². The second kappa shape index (κ2) is 9.47. The Morgan fingerprint density at radius 2 is 1.97 bits per heavy atom. The van der Waals surface area contributed by atoms with E-state index in [1.54, 1.807) is 25.6 Å². The van der Waals surface area contributed by atoms with Gasteiger partial charge in [0.05, 0.1) is 30.7 Å². The normalized spacial score (nSPS) is 11.0. The summed E-state index contributed by atoms with van der Waals surface area (Å²) < 4.78 is 12.3. The molecule has 0 saturated carbocycles. The van der Waals surface area contributed by atoms with Gasteiger partial charge in [0.1, 0.15) is 5.75 Å². The SMILES string of the molecule is COc1ccc(-c2cc(-c3cccnc3)n(CCNC(=O)c3cc(C(C)C)no3)n2)cc1. The lowest BCUT2D eigenvalue weighted by atomic mass is 10.1. The minimum atomic E-state index is -0.296. The smallest absolute Gasteiger partial charge is 0.289 e. The van der Waals surface area contributed by atoms with Gasteiger partial charge in [-0.1, -0.05) is 19.0 Å². The van der Waals surface area contributed by atoms with Crippen LogP contribution < -0.4 is 10.1 Å². The van der Waals surface area contributed by atoms with E-state index in [2.05, 4.69) is 15.5 Å². The van der Waals surface area contributed by atoms with E-state index in [0.29, 0.717) is 13.1 Å². The zero-order valence-electron chi connectivity index (χ0n) is 18.3. The first-order valence-corrected chi connectivity index (χ1v) is 10.4. The molecule has 164 valence electrons. The molecule has 8 nitrogen and oxygen atoms in total. The average Bonchev–Trinajstić information content (AvgIpc) is 3.48. The first-order chi connectivity index (χ1) is 15.5. The highest BCUT2D eigenvalue weighted by Gasteiger charge is 2.16. The minimum absolute atomic E-state index is 0.197. The number of hydrogen-bond donors (Lipinski definition) is 1. The van der Waals surface area contributed by atoms with E-state index < -0.39 is 0 Å². The van der Waals surface area contributed by atoms with Crippen LogP contribution in [-0.2, 0) is 6.54 Å². The average molecular weight is 431 g/mol. The molecule has 3 aromatic heterocycles. The standard InChI is InChI=1S/C24H25N5O3/c1-16(2)20-14-23(32-28-20)24(30)26-11-12-29-22(18-5-4-10-25-15-18)13-21(27-29)17-6-8-19(31-3)9-7-17/h4-10,13-16H,11-12H2,1-3H3,(H,26,30). The number of nitrogens with one attached hydrogen (secondary N) is 1. The van der Waals surface area contributed by atoms with E-state index in [1.807, 2.05) is 61.0 Å². The number of ether oxygens (including phenoxy) is 1. The third-order valence-electron chi connectivity index (χ3n) is 5.08. The van der Waals surface area contributed by atoms with E-state index in [1.165, 1.54) is 0 Å². The second-order valence-corrected chi connectivity index (χ2v) is 7.63. The van der Waals surface area contributed by atoms with Crippen LogP contribution in [-0.4, -0.2) is 39.5 Å². The number of nitrogens with zero attached hydrogens (tertiary/aromatic N) is 4. The fourth-order valence-corrected chi connectivity index (χ4v) is 3.27. The number of methoxy groups -OCH3 is 1. The lowest BCUT2D eigenvalue weighted by molar-refractivity contribution is 0.0915. The molecule has 0 aliphatic rings. The number of rotatable bonds is 8. The largest absolute Gasteiger partial charge is 0.497 e. The van der Waals surface area contributed by atoms with E-state index in [-0.39, 0.29) is 17.6 Å². The Morgan fingerprint density at radius 3 is 2.62 bits per heavy atom. The molecular formula is C24H25N5O3. The second-order valence-electron chi connectivity index (χ2n) is 7.63. The van der Waals surface area contributed by atoms with Gasteiger partial charge in [0.15, 0.2) is 0 Å². The van der Waals surface area contributed by atoms with Crippen molar-refractivity contribution in [3.63, 3.8) is 0 Å². The number of benzene rings is 1. The first-order valence-electron chi connectivity index (χ1n) is 10.4. The summed E-state index contributed by atoms with van der Waals surface area (Å²) in [5.41, 5.74) is 4.42. The predicted octanol–water partition coefficient (Wildman–Crippen LogP) is 4.16. The lowest BCUT2D eigenvalue weighted by Gasteiger charge is -2.08. The van der Waals surface area contributed by atoms with Gasteiger partial charge in [-0.25, -0.2) is 0 Å². The van der Waals surface area contributed by atoms with Crippen LogP contribution in [0, 0.1) is 0 Å². The van der Waals surface area contributed by atoms with Crippen molar-refractivity contribution in [1.29, 1.82) is 0 Å². The maximum atomic E-state index is 12.4. The van der Waals surface area contributed by atoms with Crippen molar-refractivity contribution in [2.45, 2.75) is 26.3 Å². The predicted molar refractivity (Wildman–Crippen MR) is 120 cm³/mol. The van der Waals surface area contributed by atoms with Crippen molar-refractivity contribution in [1.82, 2.24) is 25.2 Å². The van der Waals surface area contributed by atoms with E-state index in [0.717, 1.165) is 34.0 Å². The molecule has 4 rings (SSSR count). The van der Waals surface area contributed by atoms with Crippen LogP contribution in [0.25, 0.3) is 22.5 Å². The fraction of sp³-hybridized carbons (Fsp3) is 0.250. The molecule has 1 aromatic carbocycles. The summed E-state index contributed by atoms with van der Waals surface area (Å²) >= 11 is 0. The molecule has 3 heterocycles. The Balaban J connectivity index is 1.52. The van der Waals surface area contributed by atoms with Crippen molar-refractivity contribution in [2.24, 2.45) is 0 Å². The van der Waals surface area contributed by atoms with Crippen LogP contribution >= 0.6 is 0 Å². The van der Waals surface area contributed by atoms with Crippen LogP contribution in [0.1, 0.15) is 36.0 Å². The molecule has 0 atom stereocenters. The number of carbonyl (C=O) groups is 1. The van der Waals surface area contributed by atoms with Gasteiger partial charge in [-0.05, 0) is 48.4 Å². The van der Waals surface area contributed by atoms with Crippen molar-refractivity contribution in [3.8, 4) is 28.3 Å². The molecule has 1 N–H and O–H groups in total. The molecule has 8 heteroatoms. The van der Waals surface area contributed by atoms with Gasteiger partial charge in [0, 0.05) is 36.1 Å². The zero-order chi connectivity index (χ0) is 22.5. The Labute approximate surface area is 186 Å². The van der Waals surface area contributed by atoms with Crippen LogP contribution in [0.15, 0.2) is 65.4 Å². The molecule has 0 saturated heterocycles. The van der Waals surface area contributed by atoms with Crippen LogP contribution in [0.2, 0.25) is 0 Å². The minimum Gasteiger partial charge on any atom is -0.497 e. The van der Waals surface area contributed by atoms with Crippen molar-refractivity contribution >= 4 is 5.91 Å². The monoisotopic (exact) mass is 431 g/mol. The molecule has 0 fully saturated rings. The number of pyridine rings is 1. The molecule has 0 radical (unpaired) electrons. The number of aromatic nitrogens is 4. The van der Waals surface area contributed by atoms with Gasteiger partial charge in [0.25, 0.3) is 5.91 Å². The molecule has 0 unspecified atom stereocenters. The summed E-state index contributed by atoms with van der Waals surface area (Å²) in [5, 5.41) is 11.6. The fourth-order valence-electron chi connectivity index (χ4n) is 3.27. The quantitative estimate of drug-likeness (QED) is 0.450. The van der Waals surface area contributed by atoms with E-state index >= 15 is 0 Å². The molecule has 0 aliphatic heterocycles. The maximum Gasteiger partial charge on any atom is 0.289 e. The molecule has 0 aliphatic carbocycles. The summed E-state index contributed by atoms with van der Waals surface area (Å²) in [7, 11) is 1.64. The summed E-state index contributed by atoms with van der Waals surface area (Å²) in [4.78, 5) is 16.6. The molecule has 1 amide bonds. The van der Waals surface area contributed by atoms with E-state index in [9.17, 15) is 4.79 Å². The lowest BCUT2D eigenvalue weighted by Crippen LogP contribution is -2.27. The highest BCUT2D eigenvalue weighted by Crippen LogP contribution is 2.27. The highest BCUT2D eigenvalue weighted by atomic mass is 16.5. The third kappa shape index (κ3) is 4.69. The summed E-state index contributed by atoms with van der Waals surface area (Å²) in [6.45, 7) is 4.86. The number of amides is 1. The summed E-state index contributed by atoms with van der Waals surface area (Å²) in [6, 6.07) is 15.3. The van der Waals surface area contributed by atoms with Crippen LogP contribution in [0.4, 0.5) is 0 Å². The Morgan fingerprint density at radius 1 is 1.16 bits per heavy atom. The van der Waals surface area contributed by atoms with Gasteiger partial charge in [-0.2, -0.15) is 5.10 Å². The van der Waals surface area contributed by atoms with Crippen molar-refractivity contribution < 1.29 is 14.1 Å². The van der Waals surface area contributed by atoms with E-state index in [4.69, 9.17) is 14.4 Å². The van der Waals surface area contributed by atoms with Gasteiger partial charge < -0.3 is 14.6 Å². The molecule has 32 heavy (non-hydrogen) atoms.